The van der Waals surface area contributed by atoms with Crippen molar-refractivity contribution in [3.8, 4) is 10.4 Å². The number of nitrogens with one attached hydrogen (secondary N) is 1. The number of aryl methyl sites for hydroxylation is 1. The number of ketones is 1. The van der Waals surface area contributed by atoms with Gasteiger partial charge in [-0.15, -0.1) is 11.3 Å². The van der Waals surface area contributed by atoms with E-state index in [0.717, 1.165) is 113 Å². The van der Waals surface area contributed by atoms with Crippen LogP contribution in [-0.2, 0) is 14.4 Å². The molecule has 13 nitrogen and oxygen atoms in total. The molecule has 0 unspecified atom stereocenters. The average molecular weight is 1110 g/mol. The Morgan fingerprint density at radius 2 is 1.72 bits per heavy atom. The average Bonchev–Trinajstić information content (AvgIpc) is 3.85. The Morgan fingerprint density at radius 1 is 0.947 bits per heavy atom. The van der Waals surface area contributed by atoms with Crippen LogP contribution in [0, 0.1) is 18.3 Å². The number of unbranched alkanes of at least 4 members (excludes halogenated alkanes) is 2. The van der Waals surface area contributed by atoms with Crippen molar-refractivity contribution in [3.63, 3.8) is 0 Å². The fraction of sp³-hybridized carbons (Fsp3) is 0.559. The summed E-state index contributed by atoms with van der Waals surface area (Å²) in [4.78, 5) is 71.4. The number of hydrogen-bond donors (Lipinski definition) is 2. The summed E-state index contributed by atoms with van der Waals surface area (Å²) < 4.78 is 19.7. The lowest BCUT2D eigenvalue weighted by molar-refractivity contribution is -0.145. The van der Waals surface area contributed by atoms with Crippen LogP contribution in [0.2, 0.25) is 0 Å². The Labute approximate surface area is 452 Å². The zero-order chi connectivity index (χ0) is 52.8. The third-order valence-corrected chi connectivity index (χ3v) is 18.6. The summed E-state index contributed by atoms with van der Waals surface area (Å²) in [6.45, 7) is 14.6. The molecule has 2 saturated heterocycles. The molecule has 4 fully saturated rings. The Morgan fingerprint density at radius 3 is 2.43 bits per heavy atom. The molecule has 3 aromatic heterocycles. The minimum absolute atomic E-state index is 0.0385. The van der Waals surface area contributed by atoms with E-state index in [2.05, 4.69) is 94.4 Å². The summed E-state index contributed by atoms with van der Waals surface area (Å²) >= 11 is 5.25. The molecule has 2 aliphatic carbocycles. The maximum atomic E-state index is 14.4. The SMILES string of the molecule is Cc1ncsc1-c1ccc([C@H](CCCCCN2CCN(c3ccc4c(c3)n(C3CCCC3)c3nc(=O)c5c(Br)cccc5n43)[C@@H](C)C2)CNC(=O)[C@@H]2C[C@@H](O)CN2C(=O)[C@@H](CCCC(=O)C2(F)CC2)C(C)(C)C)cc1. The number of aliphatic hydroxyl groups is 1. The third-order valence-electron chi connectivity index (χ3n) is 17.0. The molecule has 10 rings (SSSR count). The summed E-state index contributed by atoms with van der Waals surface area (Å²) in [5.41, 5.74) is 7.03. The molecule has 2 amide bonds. The number of carbonyl (C=O) groups excluding carboxylic acids is 3. The molecule has 0 bridgehead atoms. The number of carbonyl (C=O) groups is 3. The van der Waals surface area contributed by atoms with Gasteiger partial charge in [-0.25, -0.2) is 9.37 Å². The molecule has 75 heavy (non-hydrogen) atoms. The molecule has 16 heteroatoms. The van der Waals surface area contributed by atoms with Crippen molar-refractivity contribution in [1.82, 2.24) is 34.1 Å². The first kappa shape index (κ1) is 53.4. The molecule has 6 aromatic rings. The number of anilines is 1. The number of nitrogens with zero attached hydrogens (tertiary/aromatic N) is 7. The van der Waals surface area contributed by atoms with Gasteiger partial charge in [-0.2, -0.15) is 4.98 Å². The van der Waals surface area contributed by atoms with Gasteiger partial charge in [0.25, 0.3) is 5.56 Å². The number of piperazine rings is 1. The van der Waals surface area contributed by atoms with Gasteiger partial charge in [0.05, 0.1) is 44.1 Å². The fourth-order valence-corrected chi connectivity index (χ4v) is 13.9. The van der Waals surface area contributed by atoms with E-state index >= 15 is 0 Å². The number of amides is 2. The van der Waals surface area contributed by atoms with Crippen molar-refractivity contribution in [2.24, 2.45) is 11.3 Å². The van der Waals surface area contributed by atoms with Gasteiger partial charge >= 0.3 is 0 Å². The molecule has 5 atom stereocenters. The first-order valence-corrected chi connectivity index (χ1v) is 29.3. The monoisotopic (exact) mass is 1100 g/mol. The molecule has 0 spiro atoms. The largest absolute Gasteiger partial charge is 0.391 e. The van der Waals surface area contributed by atoms with E-state index in [4.69, 9.17) is 4.98 Å². The number of aliphatic hydroxyl groups excluding tert-OH is 1. The maximum absolute atomic E-state index is 14.4. The highest BCUT2D eigenvalue weighted by atomic mass is 79.9. The molecule has 3 aromatic carbocycles. The molecule has 400 valence electrons. The van der Waals surface area contributed by atoms with E-state index in [1.54, 1.807) is 16.2 Å². The van der Waals surface area contributed by atoms with Crippen LogP contribution in [-0.4, -0.2) is 115 Å². The number of imidazole rings is 1. The van der Waals surface area contributed by atoms with Crippen molar-refractivity contribution in [3.05, 3.63) is 92.3 Å². The number of thiazole rings is 1. The molecule has 2 aliphatic heterocycles. The zero-order valence-electron chi connectivity index (χ0n) is 44.3. The summed E-state index contributed by atoms with van der Waals surface area (Å²) in [6, 6.07) is 21.1. The van der Waals surface area contributed by atoms with E-state index in [-0.39, 0.29) is 61.3 Å². The second-order valence-corrected chi connectivity index (χ2v) is 25.0. The summed E-state index contributed by atoms with van der Waals surface area (Å²) in [5.74, 6) is -0.573. The van der Waals surface area contributed by atoms with Crippen LogP contribution < -0.4 is 15.8 Å². The third kappa shape index (κ3) is 11.2. The number of β-amino-alcohol motifs (C(OH)–C–C–N with tert-alkyl or cyclic N) is 1. The lowest BCUT2D eigenvalue weighted by Crippen LogP contribution is -2.52. The highest BCUT2D eigenvalue weighted by molar-refractivity contribution is 9.10. The van der Waals surface area contributed by atoms with E-state index in [1.807, 2.05) is 51.4 Å². The molecule has 5 heterocycles. The topological polar surface area (TPSA) is 145 Å². The highest BCUT2D eigenvalue weighted by Gasteiger charge is 2.50. The van der Waals surface area contributed by atoms with Gasteiger partial charge in [0.15, 0.2) is 11.5 Å². The number of alkyl halides is 1. The van der Waals surface area contributed by atoms with Crippen molar-refractivity contribution in [2.45, 2.75) is 160 Å². The predicted molar refractivity (Wildman–Crippen MR) is 300 cm³/mol. The lowest BCUT2D eigenvalue weighted by Gasteiger charge is -2.41. The number of benzene rings is 3. The van der Waals surface area contributed by atoms with Crippen LogP contribution in [0.25, 0.3) is 38.2 Å². The molecule has 0 radical (unpaired) electrons. The van der Waals surface area contributed by atoms with Crippen molar-refractivity contribution < 1.29 is 23.9 Å². The normalized spacial score (nSPS) is 21.1. The number of aromatic nitrogens is 4. The van der Waals surface area contributed by atoms with Crippen LogP contribution >= 0.6 is 27.3 Å². The van der Waals surface area contributed by atoms with Crippen LogP contribution in [0.3, 0.4) is 0 Å². The standard InChI is InChI=1S/C59H74BrFN8O5S/c1-37-34-65(29-30-66(37)43-24-25-47-49(31-43)68(42-14-8-9-15-42)57-64-55(73)52-46(60)17-12-18-48(52)69(47)57)28-10-6-7-13-41(39-20-22-40(23-21-39)53-38(2)63-36-75-53)33-62-54(72)50-32-44(70)35-67(50)56(74)45(58(3,4)5)16-11-19-51(71)59(61)26-27-59/h12,17-18,20-25,31,36-37,41-42,44-45,50,70H,6-11,13-16,19,26-30,32-35H2,1-5H3,(H,62,72)/t37-,41+,44+,45+,50-/m0/s1. The van der Waals surface area contributed by atoms with Gasteiger partial charge in [0, 0.05) is 79.6 Å². The first-order valence-electron chi connectivity index (χ1n) is 27.6. The van der Waals surface area contributed by atoms with Gasteiger partial charge < -0.3 is 24.8 Å². The molecule has 2 N–H and O–H groups in total. The first-order chi connectivity index (χ1) is 36.0. The van der Waals surface area contributed by atoms with Crippen LogP contribution in [0.15, 0.2) is 75.4 Å². The van der Waals surface area contributed by atoms with Gasteiger partial charge in [0.2, 0.25) is 17.6 Å². The van der Waals surface area contributed by atoms with Gasteiger partial charge in [-0.3, -0.25) is 28.5 Å². The van der Waals surface area contributed by atoms with Crippen molar-refractivity contribution in [2.75, 3.05) is 44.2 Å². The Bertz CT molecular complexity index is 3120. The van der Waals surface area contributed by atoms with Crippen LogP contribution in [0.1, 0.15) is 141 Å². The highest BCUT2D eigenvalue weighted by Crippen LogP contribution is 2.43. The second kappa shape index (κ2) is 22.1. The van der Waals surface area contributed by atoms with Crippen molar-refractivity contribution >= 4 is 78.3 Å². The molecular weight excluding hydrogens is 1030 g/mol. The molecule has 2 saturated carbocycles. The number of Topliss-reactive ketones (excluding diaryl/α,β-unsaturated/α-hetero) is 1. The van der Waals surface area contributed by atoms with E-state index < -0.39 is 29.1 Å². The summed E-state index contributed by atoms with van der Waals surface area (Å²) in [7, 11) is 0. The van der Waals surface area contributed by atoms with Crippen molar-refractivity contribution in [1.29, 1.82) is 0 Å². The van der Waals surface area contributed by atoms with E-state index in [9.17, 15) is 28.7 Å². The predicted octanol–water partition coefficient (Wildman–Crippen LogP) is 10.9. The zero-order valence-corrected chi connectivity index (χ0v) is 46.7. The number of hydrogen-bond acceptors (Lipinski definition) is 10. The van der Waals surface area contributed by atoms with Gasteiger partial charge in [0.1, 0.15) is 6.04 Å². The molecule has 4 aliphatic rings. The number of rotatable bonds is 19. The Hall–Kier alpha value is -5.03. The summed E-state index contributed by atoms with van der Waals surface area (Å²) in [6.07, 6.45) is 9.29. The van der Waals surface area contributed by atoms with Crippen LogP contribution in [0.4, 0.5) is 10.1 Å². The minimum Gasteiger partial charge on any atom is -0.391 e. The number of halogens is 2. The quantitative estimate of drug-likeness (QED) is 0.0757. The summed E-state index contributed by atoms with van der Waals surface area (Å²) in [5, 5.41) is 14.7. The maximum Gasteiger partial charge on any atom is 0.283 e. The lowest BCUT2D eigenvalue weighted by atomic mass is 9.76. The second-order valence-electron chi connectivity index (χ2n) is 23.3. The Kier molecular flexibility index (Phi) is 15.8. The Balaban J connectivity index is 0.771. The van der Waals surface area contributed by atoms with E-state index in [0.29, 0.717) is 36.9 Å². The molecular formula is C59H74BrFN8O5S. The fourth-order valence-electron chi connectivity index (χ4n) is 12.6. The van der Waals surface area contributed by atoms with Crippen LogP contribution in [0.5, 0.6) is 0 Å². The van der Waals surface area contributed by atoms with Gasteiger partial charge in [-0.1, -0.05) is 76.8 Å². The van der Waals surface area contributed by atoms with E-state index in [1.165, 1.54) is 18.5 Å². The number of fused-ring (bicyclic) bond motifs is 5. The number of likely N-dealkylation sites (tertiary alicyclic amines) is 1. The minimum atomic E-state index is -1.68. The smallest absolute Gasteiger partial charge is 0.283 e. The van der Waals surface area contributed by atoms with Gasteiger partial charge in [-0.05, 0) is 135 Å².